The third-order valence-electron chi connectivity index (χ3n) is 10.2. The van der Waals surface area contributed by atoms with Crippen molar-refractivity contribution in [2.45, 2.75) is 81.7 Å². The molecule has 5 aromatic rings. The largest absolute Gasteiger partial charge is 0.593 e. The van der Waals surface area contributed by atoms with Crippen LogP contribution in [0.2, 0.25) is 5.02 Å². The van der Waals surface area contributed by atoms with Crippen LogP contribution in [0, 0.1) is 23.5 Å². The highest BCUT2D eigenvalue weighted by Gasteiger charge is 2.53. The van der Waals surface area contributed by atoms with E-state index in [4.69, 9.17) is 23.2 Å². The summed E-state index contributed by atoms with van der Waals surface area (Å²) in [5.41, 5.74) is -5.09. The van der Waals surface area contributed by atoms with E-state index in [1.165, 1.54) is 44.4 Å². The number of hydrogen-bond acceptors (Lipinski definition) is 7. The third-order valence-corrected chi connectivity index (χ3v) is 13.1. The Bertz CT molecular complexity index is 2780. The fourth-order valence-electron chi connectivity index (χ4n) is 7.33. The summed E-state index contributed by atoms with van der Waals surface area (Å²) in [6.45, 7) is 1.11. The molecule has 3 heterocycles. The SMILES string of the molecule is C[C@H]1CC(F)(F)c2c1c(C(F)(F)F)nn2CC(=O)NC(Cc1cc(F)cc(F)c1)c1nc(C#CC(C)(C)S(C)=O)ccc1-c1ccc(Cl)c2c(N(C(=O)Cl)[S+](C)[O-])nn(CC(F)(F)F)c12. The lowest BCUT2D eigenvalue weighted by Gasteiger charge is -2.23. The number of carbonyl (C=O) groups excluding carboxylic acids is 2. The fourth-order valence-corrected chi connectivity index (χ4v) is 8.70. The monoisotopic (exact) mass is 999 g/mol. The van der Waals surface area contributed by atoms with Crippen LogP contribution >= 0.6 is 23.2 Å². The Morgan fingerprint density at radius 3 is 2.25 bits per heavy atom. The fraction of sp³-hybridized carbons (Fsp3) is 0.375. The van der Waals surface area contributed by atoms with Gasteiger partial charge >= 0.3 is 17.7 Å². The molecule has 0 radical (unpaired) electrons. The molecule has 1 aliphatic rings. The number of pyridine rings is 1. The number of fused-ring (bicyclic) bond motifs is 2. The molecule has 0 saturated heterocycles. The van der Waals surface area contributed by atoms with Gasteiger partial charge < -0.3 is 9.87 Å². The zero-order valence-electron chi connectivity index (χ0n) is 34.2. The second kappa shape index (κ2) is 18.1. The van der Waals surface area contributed by atoms with E-state index >= 15 is 8.78 Å². The summed E-state index contributed by atoms with van der Waals surface area (Å²) in [4.78, 5) is 31.1. The maximum atomic E-state index is 15.3. The summed E-state index contributed by atoms with van der Waals surface area (Å²) < 4.78 is 170. The van der Waals surface area contributed by atoms with Crippen molar-refractivity contribution >= 4 is 73.4 Å². The highest BCUT2D eigenvalue weighted by Crippen LogP contribution is 2.52. The first-order chi connectivity index (χ1) is 30.0. The topological polar surface area (TPSA) is 138 Å². The van der Waals surface area contributed by atoms with Crippen LogP contribution in [0.5, 0.6) is 0 Å². The molecule has 0 spiro atoms. The number of rotatable bonds is 11. The van der Waals surface area contributed by atoms with Gasteiger partial charge in [-0.25, -0.2) is 13.8 Å². The minimum absolute atomic E-state index is 0.129. The Morgan fingerprint density at radius 1 is 1.05 bits per heavy atom. The molecule has 11 nitrogen and oxygen atoms in total. The second-order valence-corrected chi connectivity index (χ2v) is 19.3. The van der Waals surface area contributed by atoms with Gasteiger partial charge in [0.25, 0.3) is 5.92 Å². The highest BCUT2D eigenvalue weighted by molar-refractivity contribution is 7.93. The summed E-state index contributed by atoms with van der Waals surface area (Å²) in [6, 6.07) is 5.47. The molecule has 4 atom stereocenters. The van der Waals surface area contributed by atoms with Gasteiger partial charge in [-0.3, -0.25) is 23.2 Å². The molecule has 2 amide bonds. The van der Waals surface area contributed by atoms with Crippen molar-refractivity contribution in [3.05, 3.63) is 93.0 Å². The Balaban J connectivity index is 1.63. The molecule has 0 aliphatic heterocycles. The lowest BCUT2D eigenvalue weighted by molar-refractivity contribution is -0.143. The van der Waals surface area contributed by atoms with Crippen LogP contribution in [0.3, 0.4) is 0 Å². The molecule has 0 bridgehead atoms. The van der Waals surface area contributed by atoms with E-state index in [2.05, 4.69) is 32.3 Å². The number of halogens is 12. The second-order valence-electron chi connectivity index (χ2n) is 15.4. The van der Waals surface area contributed by atoms with E-state index < -0.39 is 134 Å². The van der Waals surface area contributed by atoms with Gasteiger partial charge in [0.2, 0.25) is 11.7 Å². The Morgan fingerprint density at radius 2 is 1.68 bits per heavy atom. The molecular weight excluding hydrogens is 968 g/mol. The predicted octanol–water partition coefficient (Wildman–Crippen LogP) is 9.47. The van der Waals surface area contributed by atoms with Crippen LogP contribution in [-0.4, -0.2) is 68.0 Å². The van der Waals surface area contributed by atoms with Crippen LogP contribution in [0.4, 0.5) is 54.5 Å². The van der Waals surface area contributed by atoms with E-state index in [9.17, 15) is 53.5 Å². The van der Waals surface area contributed by atoms with Crippen LogP contribution in [0.25, 0.3) is 22.0 Å². The molecule has 25 heteroatoms. The first-order valence-corrected chi connectivity index (χ1v) is 22.6. The maximum Gasteiger partial charge on any atom is 0.435 e. The molecule has 65 heavy (non-hydrogen) atoms. The van der Waals surface area contributed by atoms with Crippen molar-refractivity contribution in [1.29, 1.82) is 0 Å². The zero-order chi connectivity index (χ0) is 48.3. The number of nitrogens with one attached hydrogen (secondary N) is 1. The summed E-state index contributed by atoms with van der Waals surface area (Å²) in [6.07, 6.45) is -9.49. The minimum atomic E-state index is -5.20. The molecule has 0 fully saturated rings. The van der Waals surface area contributed by atoms with Crippen LogP contribution < -0.4 is 9.62 Å². The number of carbonyl (C=O) groups is 2. The van der Waals surface area contributed by atoms with E-state index in [-0.39, 0.29) is 43.2 Å². The molecule has 2 aromatic carbocycles. The number of hydrogen-bond donors (Lipinski definition) is 1. The van der Waals surface area contributed by atoms with Gasteiger partial charge in [0.1, 0.15) is 47.1 Å². The van der Waals surface area contributed by atoms with Gasteiger partial charge in [-0.15, -0.1) is 5.10 Å². The Hall–Kier alpha value is -4.89. The van der Waals surface area contributed by atoms with Gasteiger partial charge in [0.15, 0.2) is 5.69 Å². The van der Waals surface area contributed by atoms with Gasteiger partial charge in [0, 0.05) is 46.2 Å². The molecule has 3 unspecified atom stereocenters. The van der Waals surface area contributed by atoms with E-state index in [1.807, 2.05) is 0 Å². The van der Waals surface area contributed by atoms with Gasteiger partial charge in [0.05, 0.1) is 39.0 Å². The number of alkyl halides is 8. The smallest absolute Gasteiger partial charge is 0.435 e. The molecule has 1 aliphatic carbocycles. The summed E-state index contributed by atoms with van der Waals surface area (Å²) in [5.74, 6) is -3.77. The standard InChI is InChI=1S/C40H33Cl2F10N7O4S2/c1-19-16-38(45,46)34-29(19)33(40(50,51)52)55-57(34)17-28(60)54-27(14-20-12-21(43)15-22(44)13-20)31-24(7-6-23(53-31)10-11-37(2,3)64(4)62)25-8-9-26(41)30-32(25)58(18-39(47,48)49)56-35(30)59(36(42)61)65(5)63/h6-9,12-13,15,19,27H,14,16-18H2,1-5H3,(H,54,60)/t19-,27?,64?,65?/m0/s1. The van der Waals surface area contributed by atoms with E-state index in [1.54, 1.807) is 0 Å². The van der Waals surface area contributed by atoms with Crippen LogP contribution in [0.1, 0.15) is 73.1 Å². The number of amides is 2. The lowest BCUT2D eigenvalue weighted by Crippen LogP contribution is -2.35. The predicted molar refractivity (Wildman–Crippen MR) is 222 cm³/mol. The van der Waals surface area contributed by atoms with Gasteiger partial charge in [-0.2, -0.15) is 40.2 Å². The van der Waals surface area contributed by atoms with Crippen LogP contribution in [-0.2, 0) is 58.6 Å². The average molecular weight is 1000 g/mol. The normalized spacial score (nSPS) is 16.4. The molecule has 1 N–H and O–H groups in total. The van der Waals surface area contributed by atoms with Crippen molar-refractivity contribution in [3.8, 4) is 23.0 Å². The highest BCUT2D eigenvalue weighted by atomic mass is 35.5. The molecule has 3 aromatic heterocycles. The number of nitrogens with zero attached hydrogens (tertiary/aromatic N) is 6. The maximum absolute atomic E-state index is 15.3. The average Bonchev–Trinajstić information content (AvgIpc) is 3.79. The van der Waals surface area contributed by atoms with Gasteiger partial charge in [-0.1, -0.05) is 34.8 Å². The third kappa shape index (κ3) is 10.6. The molecule has 6 rings (SSSR count). The summed E-state index contributed by atoms with van der Waals surface area (Å²) in [5, 5.41) is 7.65. The minimum Gasteiger partial charge on any atom is -0.593 e. The summed E-state index contributed by atoms with van der Waals surface area (Å²) in [7, 11) is -1.54. The molecule has 348 valence electrons. The van der Waals surface area contributed by atoms with Crippen molar-refractivity contribution in [2.24, 2.45) is 0 Å². The van der Waals surface area contributed by atoms with Crippen molar-refractivity contribution in [1.82, 2.24) is 29.9 Å². The first-order valence-electron chi connectivity index (χ1n) is 18.8. The Kier molecular flexibility index (Phi) is 13.8. The quantitative estimate of drug-likeness (QED) is 0.0458. The number of aromatic nitrogens is 5. The van der Waals surface area contributed by atoms with Gasteiger partial charge in [-0.05, 0) is 79.6 Å². The molecular formula is C40H33Cl2F10N7O4S2. The molecule has 0 saturated carbocycles. The number of benzene rings is 2. The number of anilines is 1. The Labute approximate surface area is 378 Å². The zero-order valence-corrected chi connectivity index (χ0v) is 37.3. The van der Waals surface area contributed by atoms with Crippen molar-refractivity contribution in [3.63, 3.8) is 0 Å². The van der Waals surface area contributed by atoms with Crippen molar-refractivity contribution in [2.75, 3.05) is 16.8 Å². The van der Waals surface area contributed by atoms with E-state index in [0.29, 0.717) is 15.1 Å². The summed E-state index contributed by atoms with van der Waals surface area (Å²) >= 11 is 9.92. The van der Waals surface area contributed by atoms with Crippen molar-refractivity contribution < 1.29 is 62.3 Å². The van der Waals surface area contributed by atoms with E-state index in [0.717, 1.165) is 25.3 Å². The van der Waals surface area contributed by atoms with Crippen LogP contribution in [0.15, 0.2) is 42.5 Å². The lowest BCUT2D eigenvalue weighted by atomic mass is 9.93. The first kappa shape index (κ1) is 49.5.